The zero-order valence-corrected chi connectivity index (χ0v) is 17.5. The maximum absolute atomic E-state index is 11.8. The molecule has 0 heterocycles. The topological polar surface area (TPSA) is 149 Å². The van der Waals surface area contributed by atoms with Gasteiger partial charge in [0.2, 0.25) is 0 Å². The minimum atomic E-state index is -4.55. The molecule has 0 aliphatic rings. The number of ether oxygens (including phenoxy) is 2. The molecule has 1 unspecified atom stereocenters. The lowest BCUT2D eigenvalue weighted by atomic mass is 10.2. The second-order valence-electron chi connectivity index (χ2n) is 6.25. The zero-order valence-electron chi connectivity index (χ0n) is 16.6. The fourth-order valence-corrected chi connectivity index (χ4v) is 2.70. The van der Waals surface area contributed by atoms with Crippen LogP contribution >= 0.6 is 7.82 Å². The molecule has 10 nitrogen and oxygen atoms in total. The minimum Gasteiger partial charge on any atom is -0.462 e. The standard InChI is InChI=1S/C17H33O10P/c1-3-5-7-9-16(20)24-12-15(27-17(21)8-6-4-2)13-26-28(22,23)25-11-14(19)10-18/h14-15,18-19H,3-13H2,1-2H3,(H,22,23)/t14-,15+/m0/s1. The Hall–Kier alpha value is -1.03. The van der Waals surface area contributed by atoms with Gasteiger partial charge in [0.05, 0.1) is 19.8 Å². The second-order valence-corrected chi connectivity index (χ2v) is 7.71. The van der Waals surface area contributed by atoms with Gasteiger partial charge in [-0.1, -0.05) is 33.1 Å². The molecular weight excluding hydrogens is 395 g/mol. The normalized spacial score (nSPS) is 15.5. The van der Waals surface area contributed by atoms with Crippen molar-refractivity contribution in [3.63, 3.8) is 0 Å². The number of hydrogen-bond acceptors (Lipinski definition) is 9. The largest absolute Gasteiger partial charge is 0.472 e. The Balaban J connectivity index is 4.59. The number of aliphatic hydroxyl groups excluding tert-OH is 2. The third-order valence-corrected chi connectivity index (χ3v) is 4.46. The summed E-state index contributed by atoms with van der Waals surface area (Å²) in [4.78, 5) is 33.1. The molecule has 0 aliphatic carbocycles. The number of carbonyl (C=O) groups excluding carboxylic acids is 2. The molecule has 0 amide bonds. The van der Waals surface area contributed by atoms with E-state index in [0.29, 0.717) is 12.8 Å². The first-order valence-corrected chi connectivity index (χ1v) is 11.0. The first-order valence-electron chi connectivity index (χ1n) is 9.49. The van der Waals surface area contributed by atoms with Gasteiger partial charge in [0.25, 0.3) is 0 Å². The Kier molecular flexibility index (Phi) is 15.3. The molecule has 3 atom stereocenters. The maximum atomic E-state index is 11.8. The monoisotopic (exact) mass is 428 g/mol. The average molecular weight is 428 g/mol. The van der Waals surface area contributed by atoms with E-state index in [1.807, 2.05) is 13.8 Å². The van der Waals surface area contributed by atoms with E-state index in [1.165, 1.54) is 0 Å². The fraction of sp³-hybridized carbons (Fsp3) is 0.882. The molecule has 0 aromatic rings. The van der Waals surface area contributed by atoms with Gasteiger partial charge in [-0.05, 0) is 12.8 Å². The van der Waals surface area contributed by atoms with Crippen LogP contribution in [0.15, 0.2) is 0 Å². The van der Waals surface area contributed by atoms with Crippen molar-refractivity contribution in [2.24, 2.45) is 0 Å². The number of phosphoric ester groups is 1. The summed E-state index contributed by atoms with van der Waals surface area (Å²) in [7, 11) is -4.55. The van der Waals surface area contributed by atoms with Gasteiger partial charge in [-0.15, -0.1) is 0 Å². The van der Waals surface area contributed by atoms with Crippen LogP contribution in [0.1, 0.15) is 58.8 Å². The highest BCUT2D eigenvalue weighted by Crippen LogP contribution is 2.43. The van der Waals surface area contributed by atoms with Crippen molar-refractivity contribution in [2.45, 2.75) is 71.0 Å². The van der Waals surface area contributed by atoms with E-state index in [9.17, 15) is 19.0 Å². The highest BCUT2D eigenvalue weighted by molar-refractivity contribution is 7.47. The van der Waals surface area contributed by atoms with E-state index in [0.717, 1.165) is 19.3 Å². The van der Waals surface area contributed by atoms with Gasteiger partial charge in [-0.3, -0.25) is 18.6 Å². The van der Waals surface area contributed by atoms with Crippen LogP contribution in [0.25, 0.3) is 0 Å². The molecule has 0 bridgehead atoms. The maximum Gasteiger partial charge on any atom is 0.472 e. The smallest absolute Gasteiger partial charge is 0.462 e. The number of hydrogen-bond donors (Lipinski definition) is 3. The predicted octanol–water partition coefficient (Wildman–Crippen LogP) is 1.70. The van der Waals surface area contributed by atoms with Crippen LogP contribution in [0.3, 0.4) is 0 Å². The van der Waals surface area contributed by atoms with Gasteiger partial charge in [0.15, 0.2) is 6.10 Å². The van der Waals surface area contributed by atoms with Crippen molar-refractivity contribution < 1.29 is 47.8 Å². The highest BCUT2D eigenvalue weighted by Gasteiger charge is 2.27. The lowest BCUT2D eigenvalue weighted by Gasteiger charge is -2.20. The minimum absolute atomic E-state index is 0.160. The Morgan fingerprint density at radius 1 is 0.929 bits per heavy atom. The summed E-state index contributed by atoms with van der Waals surface area (Å²) in [6.07, 6.45) is 1.90. The Morgan fingerprint density at radius 3 is 2.14 bits per heavy atom. The van der Waals surface area contributed by atoms with Gasteiger partial charge >= 0.3 is 19.8 Å². The quantitative estimate of drug-likeness (QED) is 0.177. The molecule has 28 heavy (non-hydrogen) atoms. The van der Waals surface area contributed by atoms with Crippen LogP contribution in [0, 0.1) is 0 Å². The van der Waals surface area contributed by atoms with Crippen LogP contribution in [-0.4, -0.2) is 65.7 Å². The average Bonchev–Trinajstić information content (AvgIpc) is 2.66. The van der Waals surface area contributed by atoms with Gasteiger partial charge in [-0.25, -0.2) is 4.57 Å². The first kappa shape index (κ1) is 27.0. The SMILES string of the molecule is CCCCCC(=O)OC[C@H](COP(=O)(O)OC[C@@H](O)CO)OC(=O)CCCC. The zero-order chi connectivity index (χ0) is 21.4. The summed E-state index contributed by atoms with van der Waals surface area (Å²) in [6, 6.07) is 0. The van der Waals surface area contributed by atoms with Crippen LogP contribution in [0.2, 0.25) is 0 Å². The summed E-state index contributed by atoms with van der Waals surface area (Å²) in [5.74, 6) is -1.00. The van der Waals surface area contributed by atoms with Crippen LogP contribution in [0.5, 0.6) is 0 Å². The van der Waals surface area contributed by atoms with Gasteiger partial charge < -0.3 is 24.6 Å². The molecule has 0 aromatic heterocycles. The summed E-state index contributed by atoms with van der Waals surface area (Å²) in [5, 5.41) is 17.8. The van der Waals surface area contributed by atoms with Crippen molar-refractivity contribution in [3.05, 3.63) is 0 Å². The first-order chi connectivity index (χ1) is 13.2. The number of carbonyl (C=O) groups is 2. The van der Waals surface area contributed by atoms with Gasteiger partial charge in [0, 0.05) is 12.8 Å². The Bertz CT molecular complexity index is 485. The third kappa shape index (κ3) is 15.0. The lowest BCUT2D eigenvalue weighted by Crippen LogP contribution is -2.29. The van der Waals surface area contributed by atoms with Crippen molar-refractivity contribution in [3.8, 4) is 0 Å². The van der Waals surface area contributed by atoms with Crippen LogP contribution in [0.4, 0.5) is 0 Å². The number of phosphoric acid groups is 1. The van der Waals surface area contributed by atoms with E-state index in [1.54, 1.807) is 0 Å². The van der Waals surface area contributed by atoms with Gasteiger partial charge in [-0.2, -0.15) is 0 Å². The third-order valence-electron chi connectivity index (χ3n) is 3.51. The summed E-state index contributed by atoms with van der Waals surface area (Å²) < 4.78 is 31.3. The lowest BCUT2D eigenvalue weighted by molar-refractivity contribution is -0.161. The van der Waals surface area contributed by atoms with Crippen LogP contribution < -0.4 is 0 Å². The van der Waals surface area contributed by atoms with Crippen LogP contribution in [-0.2, 0) is 32.7 Å². The molecular formula is C17H33O10P. The highest BCUT2D eigenvalue weighted by atomic mass is 31.2. The van der Waals surface area contributed by atoms with E-state index in [2.05, 4.69) is 4.52 Å². The van der Waals surface area contributed by atoms with E-state index >= 15 is 0 Å². The number of rotatable bonds is 17. The van der Waals surface area contributed by atoms with Crippen molar-refractivity contribution >= 4 is 19.8 Å². The molecule has 0 saturated carbocycles. The van der Waals surface area contributed by atoms with Gasteiger partial charge in [0.1, 0.15) is 12.7 Å². The van der Waals surface area contributed by atoms with Crippen molar-refractivity contribution in [2.75, 3.05) is 26.4 Å². The molecule has 0 fully saturated rings. The molecule has 0 rings (SSSR count). The van der Waals surface area contributed by atoms with E-state index in [4.69, 9.17) is 24.2 Å². The number of esters is 2. The molecule has 3 N–H and O–H groups in total. The van der Waals surface area contributed by atoms with Crippen molar-refractivity contribution in [1.29, 1.82) is 0 Å². The second kappa shape index (κ2) is 15.8. The Morgan fingerprint density at radius 2 is 1.54 bits per heavy atom. The summed E-state index contributed by atoms with van der Waals surface area (Å²) >= 11 is 0. The summed E-state index contributed by atoms with van der Waals surface area (Å²) in [6.45, 7) is 1.80. The molecule has 0 spiro atoms. The molecule has 0 aliphatic heterocycles. The fourth-order valence-electron chi connectivity index (χ4n) is 1.91. The molecule has 0 saturated heterocycles. The van der Waals surface area contributed by atoms with Crippen molar-refractivity contribution in [1.82, 2.24) is 0 Å². The predicted molar refractivity (Wildman–Crippen MR) is 99.3 cm³/mol. The summed E-state index contributed by atoms with van der Waals surface area (Å²) in [5.41, 5.74) is 0. The van der Waals surface area contributed by atoms with E-state index < -0.39 is 51.8 Å². The molecule has 11 heteroatoms. The van der Waals surface area contributed by atoms with E-state index in [-0.39, 0.29) is 19.4 Å². The molecule has 0 aromatic carbocycles. The number of unbranched alkanes of at least 4 members (excludes halogenated alkanes) is 3. The number of aliphatic hydroxyl groups is 2. The molecule has 166 valence electrons. The molecule has 0 radical (unpaired) electrons. The Labute approximate surface area is 165 Å².